The van der Waals surface area contributed by atoms with Crippen molar-refractivity contribution in [1.29, 1.82) is 5.26 Å². The first-order valence-electron chi connectivity index (χ1n) is 11.0. The molecule has 2 aliphatic carbocycles. The Morgan fingerprint density at radius 2 is 2.03 bits per heavy atom. The van der Waals surface area contributed by atoms with E-state index in [4.69, 9.17) is 4.74 Å². The molecule has 32 heavy (non-hydrogen) atoms. The number of anilines is 1. The lowest BCUT2D eigenvalue weighted by Gasteiger charge is -2.33. The van der Waals surface area contributed by atoms with E-state index >= 15 is 0 Å². The maximum Gasteiger partial charge on any atom is 0.340 e. The molecule has 1 unspecified atom stereocenters. The van der Waals surface area contributed by atoms with Crippen LogP contribution >= 0.6 is 23.1 Å². The van der Waals surface area contributed by atoms with Crippen LogP contribution in [0.15, 0.2) is 22.7 Å². The van der Waals surface area contributed by atoms with Gasteiger partial charge in [0.1, 0.15) is 11.1 Å². The number of ether oxygens (including phenoxy) is 1. The summed E-state index contributed by atoms with van der Waals surface area (Å²) in [4.78, 5) is 37.1. The number of esters is 1. The molecule has 168 valence electrons. The van der Waals surface area contributed by atoms with Gasteiger partial charge in [-0.2, -0.15) is 5.26 Å². The molecule has 0 radical (unpaired) electrons. The molecule has 0 saturated heterocycles. The molecule has 2 aliphatic rings. The van der Waals surface area contributed by atoms with Crippen LogP contribution in [0.5, 0.6) is 0 Å². The van der Waals surface area contributed by atoms with E-state index in [1.54, 1.807) is 24.1 Å². The first kappa shape index (κ1) is 22.7. The molecule has 9 heteroatoms. The maximum absolute atomic E-state index is 13.4. The monoisotopic (exact) mass is 470 g/mol. The predicted octanol–water partition coefficient (Wildman–Crippen LogP) is 4.92. The minimum absolute atomic E-state index is 0.0590. The van der Waals surface area contributed by atoms with E-state index in [-0.39, 0.29) is 23.1 Å². The van der Waals surface area contributed by atoms with Gasteiger partial charge in [-0.15, -0.1) is 23.1 Å². The zero-order valence-electron chi connectivity index (χ0n) is 18.2. The molecule has 0 N–H and O–H groups in total. The number of carbonyl (C=O) groups is 2. The Bertz CT molecular complexity index is 1020. The third kappa shape index (κ3) is 4.81. The molecule has 4 rings (SSSR count). The van der Waals surface area contributed by atoms with Gasteiger partial charge in [0.15, 0.2) is 11.2 Å². The number of thioether (sulfide) groups is 1. The second-order valence-corrected chi connectivity index (χ2v) is 9.90. The van der Waals surface area contributed by atoms with E-state index in [1.807, 2.05) is 11.6 Å². The van der Waals surface area contributed by atoms with Crippen molar-refractivity contribution in [2.24, 2.45) is 0 Å². The average molecular weight is 471 g/mol. The van der Waals surface area contributed by atoms with Crippen molar-refractivity contribution in [3.05, 3.63) is 34.5 Å². The highest BCUT2D eigenvalue weighted by Gasteiger charge is 2.34. The fourth-order valence-electron chi connectivity index (χ4n) is 4.12. The van der Waals surface area contributed by atoms with E-state index in [9.17, 15) is 14.9 Å². The zero-order chi connectivity index (χ0) is 22.7. The molecule has 2 saturated carbocycles. The van der Waals surface area contributed by atoms with E-state index in [0.29, 0.717) is 16.1 Å². The minimum Gasteiger partial charge on any atom is -0.449 e. The van der Waals surface area contributed by atoms with Gasteiger partial charge in [0.2, 0.25) is 0 Å². The lowest BCUT2D eigenvalue weighted by atomic mass is 9.94. The van der Waals surface area contributed by atoms with Gasteiger partial charge in [-0.25, -0.2) is 14.8 Å². The number of rotatable bonds is 7. The molecule has 0 aromatic carbocycles. The number of pyridine rings is 1. The Morgan fingerprint density at radius 3 is 2.62 bits per heavy atom. The van der Waals surface area contributed by atoms with E-state index in [2.05, 4.69) is 16.0 Å². The molecule has 1 atom stereocenters. The lowest BCUT2D eigenvalue weighted by molar-refractivity contribution is -0.127. The summed E-state index contributed by atoms with van der Waals surface area (Å²) < 4.78 is 5.62. The summed E-state index contributed by atoms with van der Waals surface area (Å²) in [6.07, 6.45) is 9.71. The molecular weight excluding hydrogens is 444 g/mol. The number of hydrogen-bond acceptors (Lipinski definition) is 8. The fourth-order valence-corrected chi connectivity index (χ4v) is 5.39. The summed E-state index contributed by atoms with van der Waals surface area (Å²) in [7, 11) is 0. The van der Waals surface area contributed by atoms with Crippen molar-refractivity contribution in [2.45, 2.75) is 75.0 Å². The number of carbonyl (C=O) groups excluding carboxylic acids is 2. The molecule has 1 amide bonds. The summed E-state index contributed by atoms with van der Waals surface area (Å²) in [5.41, 5.74) is 1.20. The summed E-state index contributed by atoms with van der Waals surface area (Å²) in [6, 6.07) is 3.81. The van der Waals surface area contributed by atoms with Crippen molar-refractivity contribution >= 4 is 40.1 Å². The second kappa shape index (κ2) is 10.0. The van der Waals surface area contributed by atoms with E-state index in [0.717, 1.165) is 44.2 Å². The fraction of sp³-hybridized carbons (Fsp3) is 0.522. The summed E-state index contributed by atoms with van der Waals surface area (Å²) in [5, 5.41) is 12.7. The maximum atomic E-state index is 13.4. The topological polar surface area (TPSA) is 96.2 Å². The Hall–Kier alpha value is -2.44. The minimum atomic E-state index is -0.991. The number of nitrogens with zero attached hydrogens (tertiary/aromatic N) is 4. The zero-order valence-corrected chi connectivity index (χ0v) is 19.9. The van der Waals surface area contributed by atoms with Gasteiger partial charge in [0.05, 0.1) is 11.1 Å². The second-order valence-electron chi connectivity index (χ2n) is 8.23. The number of hydrogen-bond donors (Lipinski definition) is 0. The van der Waals surface area contributed by atoms with E-state index in [1.165, 1.54) is 29.5 Å². The summed E-state index contributed by atoms with van der Waals surface area (Å²) >= 11 is 2.74. The molecule has 2 heterocycles. The van der Waals surface area contributed by atoms with Crippen LogP contribution in [0.2, 0.25) is 0 Å². The van der Waals surface area contributed by atoms with Crippen LogP contribution in [-0.2, 0) is 9.53 Å². The highest BCUT2D eigenvalue weighted by molar-refractivity contribution is 7.98. The first-order valence-corrected chi connectivity index (χ1v) is 13.1. The molecule has 0 spiro atoms. The highest BCUT2D eigenvalue weighted by Crippen LogP contribution is 2.40. The number of aromatic nitrogens is 2. The lowest BCUT2D eigenvalue weighted by Crippen LogP contribution is -2.47. The molecule has 7 nitrogen and oxygen atoms in total. The third-order valence-electron chi connectivity index (χ3n) is 5.96. The van der Waals surface area contributed by atoms with Crippen molar-refractivity contribution < 1.29 is 14.3 Å². The Labute approximate surface area is 196 Å². The van der Waals surface area contributed by atoms with Crippen molar-refractivity contribution in [1.82, 2.24) is 9.97 Å². The van der Waals surface area contributed by atoms with Gasteiger partial charge in [0.25, 0.3) is 5.91 Å². The van der Waals surface area contributed by atoms with Gasteiger partial charge in [-0.05, 0) is 44.9 Å². The van der Waals surface area contributed by atoms with Crippen LogP contribution in [0, 0.1) is 11.3 Å². The molecule has 2 aromatic rings. The van der Waals surface area contributed by atoms with Crippen molar-refractivity contribution in [3.63, 3.8) is 0 Å². The normalized spacial score (nSPS) is 17.4. The quantitative estimate of drug-likeness (QED) is 0.418. The van der Waals surface area contributed by atoms with Crippen LogP contribution in [-0.4, -0.2) is 40.2 Å². The van der Waals surface area contributed by atoms with E-state index < -0.39 is 12.1 Å². The third-order valence-corrected chi connectivity index (χ3v) is 7.41. The Balaban J connectivity index is 1.57. The highest BCUT2D eigenvalue weighted by atomic mass is 32.2. The standard InChI is InChI=1S/C23H26N4O3S2/c1-14(21(28)27(23-25-10-11-32-23)16-6-4-3-5-7-16)30-22(29)17-12-19(15-8-9-15)26-20(31-2)18(17)13-24/h10-12,14-16H,3-9H2,1-2H3. The SMILES string of the molecule is CSc1nc(C2CC2)cc(C(=O)OC(C)C(=O)N(c2nccs2)C2CCCCC2)c1C#N. The van der Waals surface area contributed by atoms with Crippen LogP contribution in [0.3, 0.4) is 0 Å². The van der Waals surface area contributed by atoms with Crippen molar-refractivity contribution in [2.75, 3.05) is 11.2 Å². The summed E-state index contributed by atoms with van der Waals surface area (Å²) in [6.45, 7) is 1.59. The molecule has 0 aliphatic heterocycles. The molecule has 0 bridgehead atoms. The Morgan fingerprint density at radius 1 is 1.28 bits per heavy atom. The van der Waals surface area contributed by atoms with Gasteiger partial charge in [-0.3, -0.25) is 9.69 Å². The van der Waals surface area contributed by atoms with Crippen LogP contribution in [0.1, 0.15) is 79.4 Å². The number of nitriles is 1. The number of thiazole rings is 1. The van der Waals surface area contributed by atoms with Gasteiger partial charge in [0, 0.05) is 29.2 Å². The van der Waals surface area contributed by atoms with Crippen molar-refractivity contribution in [3.8, 4) is 6.07 Å². The molecular formula is C23H26N4O3S2. The van der Waals surface area contributed by atoms with Gasteiger partial charge >= 0.3 is 5.97 Å². The average Bonchev–Trinajstić information content (AvgIpc) is 3.54. The summed E-state index contributed by atoms with van der Waals surface area (Å²) in [5.74, 6) is -0.615. The van der Waals surface area contributed by atoms with Crippen LogP contribution < -0.4 is 4.90 Å². The van der Waals surface area contributed by atoms with Gasteiger partial charge in [-0.1, -0.05) is 19.3 Å². The largest absolute Gasteiger partial charge is 0.449 e. The van der Waals surface area contributed by atoms with Gasteiger partial charge < -0.3 is 4.74 Å². The smallest absolute Gasteiger partial charge is 0.340 e. The van der Waals surface area contributed by atoms with Crippen LogP contribution in [0.4, 0.5) is 5.13 Å². The predicted molar refractivity (Wildman–Crippen MR) is 124 cm³/mol. The molecule has 2 aromatic heterocycles. The molecule has 2 fully saturated rings. The van der Waals surface area contributed by atoms with Crippen LogP contribution in [0.25, 0.3) is 0 Å². The number of amides is 1. The first-order chi connectivity index (χ1) is 15.5. The Kier molecular flexibility index (Phi) is 7.11.